The summed E-state index contributed by atoms with van der Waals surface area (Å²) in [4.78, 5) is 2.27. The minimum absolute atomic E-state index is 0.398. The first-order valence-electron chi connectivity index (χ1n) is 6.53. The average Bonchev–Trinajstić information content (AvgIpc) is 2.62. The molecule has 0 saturated heterocycles. The molecule has 96 valence electrons. The van der Waals surface area contributed by atoms with Crippen molar-refractivity contribution in [2.45, 2.75) is 51.0 Å². The highest BCUT2D eigenvalue weighted by Gasteiger charge is 2.31. The van der Waals surface area contributed by atoms with Gasteiger partial charge in [0.25, 0.3) is 0 Å². The SMILES string of the molecule is CC(CCCl)CCN(C)CC1(O)CCCC1. The molecule has 0 aromatic rings. The fourth-order valence-electron chi connectivity index (χ4n) is 2.54. The fourth-order valence-corrected chi connectivity index (χ4v) is 2.92. The van der Waals surface area contributed by atoms with Crippen molar-refractivity contribution in [2.75, 3.05) is 26.0 Å². The Morgan fingerprint density at radius 3 is 2.50 bits per heavy atom. The first-order chi connectivity index (χ1) is 7.56. The first-order valence-corrected chi connectivity index (χ1v) is 7.06. The Kier molecular flexibility index (Phi) is 6.09. The molecule has 16 heavy (non-hydrogen) atoms. The number of aliphatic hydroxyl groups is 1. The Morgan fingerprint density at radius 1 is 1.31 bits per heavy atom. The molecule has 1 aliphatic rings. The summed E-state index contributed by atoms with van der Waals surface area (Å²) < 4.78 is 0. The molecular weight excluding hydrogens is 222 g/mol. The molecule has 1 rings (SSSR count). The summed E-state index contributed by atoms with van der Waals surface area (Å²) in [6.07, 6.45) is 6.61. The van der Waals surface area contributed by atoms with Gasteiger partial charge in [-0.05, 0) is 45.2 Å². The quantitative estimate of drug-likeness (QED) is 0.700. The smallest absolute Gasteiger partial charge is 0.0774 e. The maximum atomic E-state index is 10.3. The van der Waals surface area contributed by atoms with Crippen molar-refractivity contribution in [3.8, 4) is 0 Å². The topological polar surface area (TPSA) is 23.5 Å². The van der Waals surface area contributed by atoms with E-state index >= 15 is 0 Å². The molecule has 1 N–H and O–H groups in total. The van der Waals surface area contributed by atoms with Gasteiger partial charge in [0.1, 0.15) is 0 Å². The lowest BCUT2D eigenvalue weighted by atomic mass is 10.0. The first kappa shape index (κ1) is 14.3. The number of hydrogen-bond donors (Lipinski definition) is 1. The van der Waals surface area contributed by atoms with E-state index in [-0.39, 0.29) is 0 Å². The Hall–Kier alpha value is 0.210. The molecule has 1 aliphatic carbocycles. The van der Waals surface area contributed by atoms with Crippen molar-refractivity contribution in [1.29, 1.82) is 0 Å². The molecule has 1 fully saturated rings. The summed E-state index contributed by atoms with van der Waals surface area (Å²) in [5, 5.41) is 10.3. The summed E-state index contributed by atoms with van der Waals surface area (Å²) in [5.41, 5.74) is -0.398. The van der Waals surface area contributed by atoms with E-state index in [1.807, 2.05) is 0 Å². The average molecular weight is 248 g/mol. The van der Waals surface area contributed by atoms with Gasteiger partial charge in [-0.1, -0.05) is 19.8 Å². The second-order valence-electron chi connectivity index (χ2n) is 5.54. The van der Waals surface area contributed by atoms with Crippen molar-refractivity contribution < 1.29 is 5.11 Å². The van der Waals surface area contributed by atoms with Gasteiger partial charge in [-0.2, -0.15) is 0 Å². The molecule has 0 amide bonds. The molecule has 0 heterocycles. The Labute approximate surface area is 105 Å². The third-order valence-electron chi connectivity index (χ3n) is 3.70. The molecule has 1 saturated carbocycles. The second-order valence-corrected chi connectivity index (χ2v) is 5.92. The molecule has 1 atom stereocenters. The van der Waals surface area contributed by atoms with Crippen LogP contribution in [0.1, 0.15) is 45.4 Å². The number of nitrogens with zero attached hydrogens (tertiary/aromatic N) is 1. The highest BCUT2D eigenvalue weighted by molar-refractivity contribution is 6.17. The highest BCUT2D eigenvalue weighted by Crippen LogP contribution is 2.30. The van der Waals surface area contributed by atoms with E-state index in [1.54, 1.807) is 0 Å². The lowest BCUT2D eigenvalue weighted by Crippen LogP contribution is -2.39. The number of alkyl halides is 1. The van der Waals surface area contributed by atoms with Crippen LogP contribution in [0.4, 0.5) is 0 Å². The second kappa shape index (κ2) is 6.83. The van der Waals surface area contributed by atoms with Crippen LogP contribution in [-0.4, -0.2) is 41.6 Å². The molecule has 0 aliphatic heterocycles. The van der Waals surface area contributed by atoms with Gasteiger partial charge >= 0.3 is 0 Å². The van der Waals surface area contributed by atoms with Crippen LogP contribution < -0.4 is 0 Å². The highest BCUT2D eigenvalue weighted by atomic mass is 35.5. The van der Waals surface area contributed by atoms with Crippen LogP contribution >= 0.6 is 11.6 Å². The van der Waals surface area contributed by atoms with E-state index in [2.05, 4.69) is 18.9 Å². The van der Waals surface area contributed by atoms with Gasteiger partial charge in [-0.3, -0.25) is 0 Å². The van der Waals surface area contributed by atoms with Gasteiger partial charge in [0.15, 0.2) is 0 Å². The number of rotatable bonds is 7. The van der Waals surface area contributed by atoms with E-state index in [4.69, 9.17) is 11.6 Å². The van der Waals surface area contributed by atoms with Crippen molar-refractivity contribution in [3.05, 3.63) is 0 Å². The van der Waals surface area contributed by atoms with Gasteiger partial charge in [0, 0.05) is 12.4 Å². The summed E-state index contributed by atoms with van der Waals surface area (Å²) in [5.74, 6) is 1.45. The summed E-state index contributed by atoms with van der Waals surface area (Å²) in [7, 11) is 2.11. The van der Waals surface area contributed by atoms with Crippen LogP contribution in [0.5, 0.6) is 0 Å². The van der Waals surface area contributed by atoms with Crippen LogP contribution in [0.25, 0.3) is 0 Å². The molecular formula is C13H26ClNO. The van der Waals surface area contributed by atoms with Gasteiger partial charge in [0.05, 0.1) is 5.60 Å². The molecule has 0 aromatic carbocycles. The maximum Gasteiger partial charge on any atom is 0.0774 e. The predicted octanol–water partition coefficient (Wildman–Crippen LogP) is 2.88. The number of halogens is 1. The Bertz CT molecular complexity index is 192. The van der Waals surface area contributed by atoms with Crippen LogP contribution in [0.3, 0.4) is 0 Å². The van der Waals surface area contributed by atoms with E-state index in [0.29, 0.717) is 5.92 Å². The van der Waals surface area contributed by atoms with E-state index < -0.39 is 5.60 Å². The van der Waals surface area contributed by atoms with Crippen molar-refractivity contribution in [2.24, 2.45) is 5.92 Å². The van der Waals surface area contributed by atoms with Gasteiger partial charge in [-0.25, -0.2) is 0 Å². The fraction of sp³-hybridized carbons (Fsp3) is 1.00. The predicted molar refractivity (Wildman–Crippen MR) is 70.0 cm³/mol. The van der Waals surface area contributed by atoms with Crippen LogP contribution in [0.2, 0.25) is 0 Å². The van der Waals surface area contributed by atoms with Gasteiger partial charge in [-0.15, -0.1) is 11.6 Å². The summed E-state index contributed by atoms with van der Waals surface area (Å²) in [6.45, 7) is 4.15. The van der Waals surface area contributed by atoms with Crippen LogP contribution in [-0.2, 0) is 0 Å². The van der Waals surface area contributed by atoms with Gasteiger partial charge in [0.2, 0.25) is 0 Å². The van der Waals surface area contributed by atoms with Crippen LogP contribution in [0, 0.1) is 5.92 Å². The molecule has 3 heteroatoms. The third kappa shape index (κ3) is 5.03. The lowest BCUT2D eigenvalue weighted by Gasteiger charge is -2.29. The lowest BCUT2D eigenvalue weighted by molar-refractivity contribution is 0.0154. The molecule has 1 unspecified atom stereocenters. The maximum absolute atomic E-state index is 10.3. The van der Waals surface area contributed by atoms with Crippen molar-refractivity contribution >= 4 is 11.6 Å². The number of hydrogen-bond acceptors (Lipinski definition) is 2. The zero-order valence-electron chi connectivity index (χ0n) is 10.7. The van der Waals surface area contributed by atoms with Gasteiger partial charge < -0.3 is 10.0 Å². The van der Waals surface area contributed by atoms with E-state index in [0.717, 1.165) is 38.2 Å². The van der Waals surface area contributed by atoms with Crippen LogP contribution in [0.15, 0.2) is 0 Å². The zero-order chi connectivity index (χ0) is 12.0. The molecule has 2 nitrogen and oxygen atoms in total. The normalized spacial score (nSPS) is 21.6. The molecule has 0 bridgehead atoms. The van der Waals surface area contributed by atoms with E-state index in [1.165, 1.54) is 19.3 Å². The minimum atomic E-state index is -0.398. The largest absolute Gasteiger partial charge is 0.389 e. The summed E-state index contributed by atoms with van der Waals surface area (Å²) in [6, 6.07) is 0. The van der Waals surface area contributed by atoms with E-state index in [9.17, 15) is 5.11 Å². The van der Waals surface area contributed by atoms with Crippen molar-refractivity contribution in [1.82, 2.24) is 4.90 Å². The summed E-state index contributed by atoms with van der Waals surface area (Å²) >= 11 is 5.72. The zero-order valence-corrected chi connectivity index (χ0v) is 11.5. The Balaban J connectivity index is 2.17. The number of likely N-dealkylation sites (N-methyl/N-ethyl adjacent to an activating group) is 1. The standard InChI is InChI=1S/C13H26ClNO/c1-12(5-9-14)6-10-15(2)11-13(16)7-3-4-8-13/h12,16H,3-11H2,1-2H3. The molecule has 0 radical (unpaired) electrons. The Morgan fingerprint density at radius 2 is 1.94 bits per heavy atom. The van der Waals surface area contributed by atoms with Crippen molar-refractivity contribution in [3.63, 3.8) is 0 Å². The monoisotopic (exact) mass is 247 g/mol. The molecule has 0 spiro atoms. The minimum Gasteiger partial charge on any atom is -0.389 e. The molecule has 0 aromatic heterocycles. The third-order valence-corrected chi connectivity index (χ3v) is 3.92.